The number of carbonyl (C=O) groups is 1. The summed E-state index contributed by atoms with van der Waals surface area (Å²) in [6, 6.07) is 3.63. The van der Waals surface area contributed by atoms with Crippen LogP contribution in [-0.2, 0) is 11.2 Å². The number of halogens is 3. The molecule has 0 aromatic heterocycles. The number of hydrogen-bond donors (Lipinski definition) is 2. The molecule has 0 aliphatic carbocycles. The summed E-state index contributed by atoms with van der Waals surface area (Å²) in [4.78, 5) is 10.4. The van der Waals surface area contributed by atoms with Crippen molar-refractivity contribution in [2.75, 3.05) is 0 Å². The smallest absolute Gasteiger partial charge is 0.481 e. The second-order valence-electron chi connectivity index (χ2n) is 2.92. The summed E-state index contributed by atoms with van der Waals surface area (Å²) in [5, 5.41) is 8.48. The van der Waals surface area contributed by atoms with Crippen LogP contribution in [0.4, 0.5) is 13.2 Å². The van der Waals surface area contributed by atoms with Gasteiger partial charge in [-0.2, -0.15) is 0 Å². The zero-order chi connectivity index (χ0) is 12.3. The molecule has 0 heterocycles. The number of rotatable bonds is 3. The van der Waals surface area contributed by atoms with Crippen LogP contribution in [0, 0.1) is 0 Å². The highest BCUT2D eigenvalue weighted by Gasteiger charge is 2.31. The van der Waals surface area contributed by atoms with Crippen LogP contribution in [0.5, 0.6) is 5.75 Å². The molecule has 0 saturated heterocycles. The maximum Gasteiger partial charge on any atom is 0.573 e. The summed E-state index contributed by atoms with van der Waals surface area (Å²) in [7, 11) is 0. The molecule has 0 unspecified atom stereocenters. The van der Waals surface area contributed by atoms with Crippen molar-refractivity contribution < 1.29 is 27.8 Å². The third-order valence-electron chi connectivity index (χ3n) is 1.61. The minimum Gasteiger partial charge on any atom is -0.481 e. The van der Waals surface area contributed by atoms with Gasteiger partial charge in [-0.05, 0) is 17.7 Å². The molecule has 88 valence electrons. The maximum atomic E-state index is 11.9. The topological polar surface area (TPSA) is 46.5 Å². The second kappa shape index (κ2) is 4.65. The fourth-order valence-electron chi connectivity index (χ4n) is 1.05. The van der Waals surface area contributed by atoms with Crippen molar-refractivity contribution in [3.05, 3.63) is 23.8 Å². The lowest BCUT2D eigenvalue weighted by atomic mass is 10.1. The summed E-state index contributed by atoms with van der Waals surface area (Å²) < 4.78 is 39.5. The van der Waals surface area contributed by atoms with Gasteiger partial charge in [-0.1, -0.05) is 6.07 Å². The SMILES string of the molecule is O=C(O)Cc1ccc(S)c(OC(F)(F)F)c1. The van der Waals surface area contributed by atoms with E-state index in [1.165, 1.54) is 12.1 Å². The Morgan fingerprint density at radius 2 is 2.06 bits per heavy atom. The standard InChI is InChI=1S/C9H7F3O3S/c10-9(11,12)15-6-3-5(4-8(13)14)1-2-7(6)16/h1-3,16H,4H2,(H,13,14). The first-order valence-corrected chi connectivity index (χ1v) is 4.52. The van der Waals surface area contributed by atoms with Crippen LogP contribution in [0.15, 0.2) is 23.1 Å². The number of benzene rings is 1. The monoisotopic (exact) mass is 252 g/mol. The first kappa shape index (κ1) is 12.7. The molecule has 0 spiro atoms. The van der Waals surface area contributed by atoms with E-state index in [1.807, 2.05) is 0 Å². The van der Waals surface area contributed by atoms with Crippen LogP contribution in [-0.4, -0.2) is 17.4 Å². The van der Waals surface area contributed by atoms with E-state index < -0.39 is 18.1 Å². The molecular formula is C9H7F3O3S. The number of ether oxygens (including phenoxy) is 1. The molecule has 1 aromatic rings. The summed E-state index contributed by atoms with van der Waals surface area (Å²) >= 11 is 3.78. The van der Waals surface area contributed by atoms with Gasteiger partial charge in [0.05, 0.1) is 6.42 Å². The van der Waals surface area contributed by atoms with Crippen LogP contribution in [0.1, 0.15) is 5.56 Å². The van der Waals surface area contributed by atoms with Crippen LogP contribution in [0.25, 0.3) is 0 Å². The van der Waals surface area contributed by atoms with Gasteiger partial charge in [-0.25, -0.2) is 0 Å². The number of hydrogen-bond acceptors (Lipinski definition) is 3. The lowest BCUT2D eigenvalue weighted by Gasteiger charge is -2.11. The Bertz CT molecular complexity index is 403. The van der Waals surface area contributed by atoms with Crippen molar-refractivity contribution >= 4 is 18.6 Å². The van der Waals surface area contributed by atoms with Gasteiger partial charge >= 0.3 is 12.3 Å². The molecule has 0 fully saturated rings. The highest BCUT2D eigenvalue weighted by Crippen LogP contribution is 2.29. The van der Waals surface area contributed by atoms with E-state index in [0.717, 1.165) is 6.07 Å². The maximum absolute atomic E-state index is 11.9. The van der Waals surface area contributed by atoms with Crippen molar-refractivity contribution in [1.82, 2.24) is 0 Å². The van der Waals surface area contributed by atoms with E-state index in [4.69, 9.17) is 5.11 Å². The minimum atomic E-state index is -4.82. The van der Waals surface area contributed by atoms with Gasteiger partial charge in [0.1, 0.15) is 5.75 Å². The Balaban J connectivity index is 2.95. The molecule has 0 bridgehead atoms. The van der Waals surface area contributed by atoms with E-state index in [1.54, 1.807) is 0 Å². The molecule has 1 N–H and O–H groups in total. The van der Waals surface area contributed by atoms with Crippen molar-refractivity contribution in [3.63, 3.8) is 0 Å². The molecule has 0 amide bonds. The van der Waals surface area contributed by atoms with Gasteiger partial charge in [-0.3, -0.25) is 4.79 Å². The molecule has 0 aliphatic heterocycles. The van der Waals surface area contributed by atoms with Gasteiger partial charge < -0.3 is 9.84 Å². The van der Waals surface area contributed by atoms with E-state index in [9.17, 15) is 18.0 Å². The quantitative estimate of drug-likeness (QED) is 0.812. The molecule has 16 heavy (non-hydrogen) atoms. The summed E-state index contributed by atoms with van der Waals surface area (Å²) in [5.74, 6) is -1.64. The van der Waals surface area contributed by atoms with Crippen molar-refractivity contribution in [1.29, 1.82) is 0 Å². The third kappa shape index (κ3) is 4.01. The predicted octanol–water partition coefficient (Wildman–Crippen LogP) is 2.50. The predicted molar refractivity (Wildman–Crippen MR) is 51.7 cm³/mol. The van der Waals surface area contributed by atoms with Gasteiger partial charge in [0, 0.05) is 4.90 Å². The van der Waals surface area contributed by atoms with Gasteiger partial charge in [-0.15, -0.1) is 25.8 Å². The molecule has 7 heteroatoms. The van der Waals surface area contributed by atoms with Gasteiger partial charge in [0.15, 0.2) is 0 Å². The Morgan fingerprint density at radius 1 is 1.44 bits per heavy atom. The van der Waals surface area contributed by atoms with Crippen LogP contribution < -0.4 is 4.74 Å². The number of alkyl halides is 3. The first-order chi connectivity index (χ1) is 7.28. The van der Waals surface area contributed by atoms with E-state index >= 15 is 0 Å². The number of aliphatic carboxylic acids is 1. The molecule has 0 saturated carbocycles. The van der Waals surface area contributed by atoms with Crippen LogP contribution >= 0.6 is 12.6 Å². The lowest BCUT2D eigenvalue weighted by Crippen LogP contribution is -2.17. The van der Waals surface area contributed by atoms with Gasteiger partial charge in [0.25, 0.3) is 0 Å². The number of thiol groups is 1. The van der Waals surface area contributed by atoms with Crippen molar-refractivity contribution in [2.45, 2.75) is 17.7 Å². The number of carboxylic acids is 1. The highest BCUT2D eigenvalue weighted by atomic mass is 32.1. The molecule has 0 atom stereocenters. The molecule has 0 radical (unpaired) electrons. The molecule has 1 aromatic carbocycles. The molecule has 0 aliphatic rings. The van der Waals surface area contributed by atoms with Crippen molar-refractivity contribution in [2.24, 2.45) is 0 Å². The van der Waals surface area contributed by atoms with Crippen LogP contribution in [0.2, 0.25) is 0 Å². The fraction of sp³-hybridized carbons (Fsp3) is 0.222. The van der Waals surface area contributed by atoms with E-state index in [2.05, 4.69) is 17.4 Å². The first-order valence-electron chi connectivity index (χ1n) is 4.07. The lowest BCUT2D eigenvalue weighted by molar-refractivity contribution is -0.275. The fourth-order valence-corrected chi connectivity index (χ4v) is 1.23. The molecule has 1 rings (SSSR count). The average Bonchev–Trinajstić information content (AvgIpc) is 2.07. The Morgan fingerprint density at radius 3 is 2.56 bits per heavy atom. The zero-order valence-corrected chi connectivity index (χ0v) is 8.68. The third-order valence-corrected chi connectivity index (χ3v) is 1.97. The van der Waals surface area contributed by atoms with Crippen LogP contribution in [0.3, 0.4) is 0 Å². The zero-order valence-electron chi connectivity index (χ0n) is 7.78. The normalized spacial score (nSPS) is 11.2. The Kier molecular flexibility index (Phi) is 3.69. The van der Waals surface area contributed by atoms with E-state index in [-0.39, 0.29) is 16.9 Å². The Hall–Kier alpha value is -1.37. The van der Waals surface area contributed by atoms with Gasteiger partial charge in [0.2, 0.25) is 0 Å². The van der Waals surface area contributed by atoms with E-state index in [0.29, 0.717) is 0 Å². The summed E-state index contributed by atoms with van der Waals surface area (Å²) in [6.07, 6.45) is -5.19. The average molecular weight is 252 g/mol. The Labute approximate surface area is 94.2 Å². The largest absolute Gasteiger partial charge is 0.573 e. The highest BCUT2D eigenvalue weighted by molar-refractivity contribution is 7.80. The summed E-state index contributed by atoms with van der Waals surface area (Å²) in [5.41, 5.74) is 0.213. The van der Waals surface area contributed by atoms with Crippen molar-refractivity contribution in [3.8, 4) is 5.75 Å². The molecular weight excluding hydrogens is 245 g/mol. The summed E-state index contributed by atoms with van der Waals surface area (Å²) in [6.45, 7) is 0. The minimum absolute atomic E-state index is 0.00790. The second-order valence-corrected chi connectivity index (χ2v) is 3.40. The number of carboxylic acid groups (broad SMARTS) is 1. The molecule has 3 nitrogen and oxygen atoms in total.